The molecule has 0 bridgehead atoms. The quantitative estimate of drug-likeness (QED) is 0.913. The standard InChI is InChI=1S/C15H23N3S/c1-11(2)14-8-9-19-15(17-14)16-12-6-5-7-13(10-12)18(3)4/h5-7,10-11,14H,8-9H2,1-4H3,(H,16,17). The Hall–Kier alpha value is -1.16. The van der Waals surface area contributed by atoms with Gasteiger partial charge in [0, 0.05) is 31.2 Å². The van der Waals surface area contributed by atoms with Crippen LogP contribution in [0.3, 0.4) is 0 Å². The first kappa shape index (κ1) is 14.3. The lowest BCUT2D eigenvalue weighted by molar-refractivity contribution is 0.485. The summed E-state index contributed by atoms with van der Waals surface area (Å²) in [7, 11) is 4.11. The minimum Gasteiger partial charge on any atom is -0.378 e. The van der Waals surface area contributed by atoms with Crippen LogP contribution in [0.15, 0.2) is 29.3 Å². The van der Waals surface area contributed by atoms with Gasteiger partial charge in [0.1, 0.15) is 0 Å². The van der Waals surface area contributed by atoms with Crippen LogP contribution in [-0.4, -0.2) is 31.1 Å². The molecule has 0 fully saturated rings. The molecule has 2 rings (SSSR count). The van der Waals surface area contributed by atoms with Gasteiger partial charge in [0.25, 0.3) is 0 Å². The van der Waals surface area contributed by atoms with Crippen LogP contribution in [0.5, 0.6) is 0 Å². The first-order valence-electron chi connectivity index (χ1n) is 6.81. The van der Waals surface area contributed by atoms with Crippen molar-refractivity contribution in [1.29, 1.82) is 0 Å². The maximum absolute atomic E-state index is 4.81. The molecule has 0 spiro atoms. The van der Waals surface area contributed by atoms with Crippen molar-refractivity contribution >= 4 is 28.3 Å². The molecule has 0 saturated heterocycles. The first-order chi connectivity index (χ1) is 9.06. The molecule has 1 N–H and O–H groups in total. The molecule has 1 aliphatic rings. The van der Waals surface area contributed by atoms with Crippen LogP contribution < -0.4 is 10.2 Å². The second-order valence-corrected chi connectivity index (χ2v) is 6.54. The van der Waals surface area contributed by atoms with Crippen molar-refractivity contribution in [1.82, 2.24) is 0 Å². The van der Waals surface area contributed by atoms with E-state index in [1.54, 1.807) is 0 Å². The van der Waals surface area contributed by atoms with Crippen molar-refractivity contribution in [3.8, 4) is 0 Å². The topological polar surface area (TPSA) is 27.6 Å². The lowest BCUT2D eigenvalue weighted by Crippen LogP contribution is -2.24. The molecule has 0 aromatic heterocycles. The largest absolute Gasteiger partial charge is 0.378 e. The van der Waals surface area contributed by atoms with Crippen LogP contribution in [0.1, 0.15) is 20.3 Å². The summed E-state index contributed by atoms with van der Waals surface area (Å²) in [6.45, 7) is 4.49. The van der Waals surface area contributed by atoms with E-state index in [1.807, 2.05) is 11.8 Å². The molecule has 1 heterocycles. The van der Waals surface area contributed by atoms with Crippen LogP contribution in [0.2, 0.25) is 0 Å². The van der Waals surface area contributed by atoms with E-state index >= 15 is 0 Å². The summed E-state index contributed by atoms with van der Waals surface area (Å²) in [5.74, 6) is 1.77. The fourth-order valence-electron chi connectivity index (χ4n) is 2.06. The third kappa shape index (κ3) is 3.90. The highest BCUT2D eigenvalue weighted by atomic mass is 32.2. The van der Waals surface area contributed by atoms with Crippen molar-refractivity contribution < 1.29 is 0 Å². The highest BCUT2D eigenvalue weighted by Gasteiger charge is 2.18. The van der Waals surface area contributed by atoms with Crippen molar-refractivity contribution in [2.24, 2.45) is 10.9 Å². The Morgan fingerprint density at radius 3 is 2.84 bits per heavy atom. The Morgan fingerprint density at radius 2 is 2.16 bits per heavy atom. The molecular weight excluding hydrogens is 254 g/mol. The Bertz CT molecular complexity index is 454. The molecule has 1 unspecified atom stereocenters. The maximum Gasteiger partial charge on any atom is 0.161 e. The maximum atomic E-state index is 4.81. The number of amidine groups is 1. The molecule has 0 aliphatic carbocycles. The van der Waals surface area contributed by atoms with Crippen molar-refractivity contribution in [3.63, 3.8) is 0 Å². The lowest BCUT2D eigenvalue weighted by atomic mass is 10.0. The van der Waals surface area contributed by atoms with Crippen molar-refractivity contribution in [2.45, 2.75) is 26.3 Å². The molecule has 0 saturated carbocycles. The Balaban J connectivity index is 2.10. The third-order valence-electron chi connectivity index (χ3n) is 3.32. The highest BCUT2D eigenvalue weighted by Crippen LogP contribution is 2.25. The van der Waals surface area contributed by atoms with E-state index < -0.39 is 0 Å². The van der Waals surface area contributed by atoms with E-state index in [-0.39, 0.29) is 0 Å². The van der Waals surface area contributed by atoms with Gasteiger partial charge in [0.05, 0.1) is 6.04 Å². The zero-order valence-corrected chi connectivity index (χ0v) is 13.0. The number of hydrogen-bond donors (Lipinski definition) is 1. The summed E-state index contributed by atoms with van der Waals surface area (Å²) in [5.41, 5.74) is 2.31. The highest BCUT2D eigenvalue weighted by molar-refractivity contribution is 8.14. The molecule has 4 heteroatoms. The summed E-state index contributed by atoms with van der Waals surface area (Å²) in [6, 6.07) is 8.89. The number of nitrogens with one attached hydrogen (secondary N) is 1. The predicted molar refractivity (Wildman–Crippen MR) is 87.5 cm³/mol. The minimum absolute atomic E-state index is 0.459. The molecule has 0 radical (unpaired) electrons. The summed E-state index contributed by atoms with van der Waals surface area (Å²) in [5, 5.41) is 4.50. The second-order valence-electron chi connectivity index (χ2n) is 5.45. The summed E-state index contributed by atoms with van der Waals surface area (Å²) in [6.07, 6.45) is 1.19. The van der Waals surface area contributed by atoms with E-state index in [1.165, 1.54) is 12.1 Å². The van der Waals surface area contributed by atoms with Gasteiger partial charge in [-0.05, 0) is 30.5 Å². The van der Waals surface area contributed by atoms with E-state index in [0.717, 1.165) is 16.6 Å². The summed E-state index contributed by atoms with van der Waals surface area (Å²) in [4.78, 5) is 6.92. The van der Waals surface area contributed by atoms with E-state index in [2.05, 4.69) is 62.4 Å². The van der Waals surface area contributed by atoms with Gasteiger partial charge in [-0.15, -0.1) is 0 Å². The average Bonchev–Trinajstić information content (AvgIpc) is 2.39. The van der Waals surface area contributed by atoms with Crippen LogP contribution >= 0.6 is 11.8 Å². The second kappa shape index (κ2) is 6.33. The molecule has 1 aromatic carbocycles. The van der Waals surface area contributed by atoms with Gasteiger partial charge in [-0.3, -0.25) is 4.99 Å². The number of benzene rings is 1. The number of anilines is 2. The average molecular weight is 277 g/mol. The monoisotopic (exact) mass is 277 g/mol. The molecule has 0 amide bonds. The summed E-state index contributed by atoms with van der Waals surface area (Å²) < 4.78 is 0. The van der Waals surface area contributed by atoms with Crippen molar-refractivity contribution in [2.75, 3.05) is 30.1 Å². The van der Waals surface area contributed by atoms with E-state index in [4.69, 9.17) is 4.99 Å². The number of rotatable bonds is 3. The molecule has 1 aliphatic heterocycles. The summed E-state index contributed by atoms with van der Waals surface area (Å²) >= 11 is 1.82. The van der Waals surface area contributed by atoms with Gasteiger partial charge in [-0.1, -0.05) is 31.7 Å². The first-order valence-corrected chi connectivity index (χ1v) is 7.80. The van der Waals surface area contributed by atoms with Gasteiger partial charge in [-0.2, -0.15) is 0 Å². The zero-order valence-electron chi connectivity index (χ0n) is 12.2. The normalized spacial score (nSPS) is 19.2. The fourth-order valence-corrected chi connectivity index (χ4v) is 3.02. The SMILES string of the molecule is CC(C)C1CCSC(Nc2cccc(N(C)C)c2)=N1. The fraction of sp³-hybridized carbons (Fsp3) is 0.533. The zero-order chi connectivity index (χ0) is 13.8. The molecule has 1 atom stereocenters. The van der Waals surface area contributed by atoms with Gasteiger partial charge >= 0.3 is 0 Å². The Kier molecular flexibility index (Phi) is 4.75. The molecular formula is C15H23N3S. The Morgan fingerprint density at radius 1 is 1.37 bits per heavy atom. The Labute approximate surface area is 120 Å². The van der Waals surface area contributed by atoms with Crippen LogP contribution in [-0.2, 0) is 0 Å². The lowest BCUT2D eigenvalue weighted by Gasteiger charge is -2.23. The third-order valence-corrected chi connectivity index (χ3v) is 4.24. The van der Waals surface area contributed by atoms with Gasteiger partial charge in [0.2, 0.25) is 0 Å². The van der Waals surface area contributed by atoms with Crippen LogP contribution in [0.4, 0.5) is 11.4 Å². The number of aliphatic imine (C=N–C) groups is 1. The minimum atomic E-state index is 0.459. The smallest absolute Gasteiger partial charge is 0.161 e. The predicted octanol–water partition coefficient (Wildman–Crippen LogP) is 3.68. The van der Waals surface area contributed by atoms with Gasteiger partial charge < -0.3 is 10.2 Å². The van der Waals surface area contributed by atoms with E-state index in [0.29, 0.717) is 12.0 Å². The van der Waals surface area contributed by atoms with E-state index in [9.17, 15) is 0 Å². The number of thioether (sulfide) groups is 1. The van der Waals surface area contributed by atoms with Gasteiger partial charge in [-0.25, -0.2) is 0 Å². The van der Waals surface area contributed by atoms with Crippen LogP contribution in [0.25, 0.3) is 0 Å². The molecule has 3 nitrogen and oxygen atoms in total. The molecule has 104 valence electrons. The number of nitrogens with zero attached hydrogens (tertiary/aromatic N) is 2. The van der Waals surface area contributed by atoms with Crippen LogP contribution in [0, 0.1) is 5.92 Å². The molecule has 19 heavy (non-hydrogen) atoms. The number of hydrogen-bond acceptors (Lipinski definition) is 4. The molecule has 1 aromatic rings. The van der Waals surface area contributed by atoms with Crippen molar-refractivity contribution in [3.05, 3.63) is 24.3 Å². The van der Waals surface area contributed by atoms with Gasteiger partial charge in [0.15, 0.2) is 5.17 Å².